The monoisotopic (exact) mass is 303 g/mol. The Kier molecular flexibility index (Phi) is 5.49. The molecule has 0 bridgehead atoms. The Bertz CT molecular complexity index is 658. The van der Waals surface area contributed by atoms with E-state index in [2.05, 4.69) is 5.32 Å². The maximum atomic E-state index is 13.4. The highest BCUT2D eigenvalue weighted by atomic mass is 19.1. The number of nitrogens with one attached hydrogen (secondary N) is 1. The number of rotatable bonds is 6. The average molecular weight is 303 g/mol. The summed E-state index contributed by atoms with van der Waals surface area (Å²) >= 11 is 0. The van der Waals surface area contributed by atoms with Crippen LogP contribution in [0.3, 0.4) is 0 Å². The van der Waals surface area contributed by atoms with Gasteiger partial charge in [-0.15, -0.1) is 0 Å². The zero-order valence-corrected chi connectivity index (χ0v) is 12.3. The lowest BCUT2D eigenvalue weighted by Crippen LogP contribution is -2.28. The van der Waals surface area contributed by atoms with E-state index in [1.807, 2.05) is 0 Å². The van der Waals surface area contributed by atoms with Crippen molar-refractivity contribution in [3.8, 4) is 5.75 Å². The fraction of sp³-hybridized carbons (Fsp3) is 0.235. The lowest BCUT2D eigenvalue weighted by Gasteiger charge is -2.09. The van der Waals surface area contributed by atoms with Crippen LogP contribution in [0.5, 0.6) is 5.75 Å². The van der Waals surface area contributed by atoms with Gasteiger partial charge >= 0.3 is 0 Å². The van der Waals surface area contributed by atoms with Crippen molar-refractivity contribution in [3.05, 3.63) is 65.0 Å². The van der Waals surface area contributed by atoms with Crippen LogP contribution in [-0.4, -0.2) is 17.6 Å². The molecule has 0 fully saturated rings. The van der Waals surface area contributed by atoms with Gasteiger partial charge in [0.2, 0.25) is 0 Å². The molecule has 5 heteroatoms. The van der Waals surface area contributed by atoms with Gasteiger partial charge < -0.3 is 15.2 Å². The van der Waals surface area contributed by atoms with Crippen molar-refractivity contribution in [2.45, 2.75) is 20.1 Å². The standard InChI is InChI=1S/C17H18FNO3/c1-12-5-6-13(8-16(12)18)9-19-17(21)11-22-15-4-2-3-14(7-15)10-20/h2-8,20H,9-11H2,1H3,(H,19,21). The number of aliphatic hydroxyl groups is 1. The van der Waals surface area contributed by atoms with Crippen LogP contribution in [0.25, 0.3) is 0 Å². The summed E-state index contributed by atoms with van der Waals surface area (Å²) in [5.74, 6) is -0.0673. The SMILES string of the molecule is Cc1ccc(CNC(=O)COc2cccc(CO)c2)cc1F. The van der Waals surface area contributed by atoms with Crippen molar-refractivity contribution in [1.82, 2.24) is 5.32 Å². The number of benzene rings is 2. The summed E-state index contributed by atoms with van der Waals surface area (Å²) in [5.41, 5.74) is 1.98. The highest BCUT2D eigenvalue weighted by Gasteiger charge is 2.05. The minimum Gasteiger partial charge on any atom is -0.484 e. The minimum atomic E-state index is -0.296. The predicted octanol–water partition coefficient (Wildman–Crippen LogP) is 2.32. The molecular weight excluding hydrogens is 285 g/mol. The van der Waals surface area contributed by atoms with Crippen LogP contribution in [0.4, 0.5) is 4.39 Å². The highest BCUT2D eigenvalue weighted by Crippen LogP contribution is 2.13. The Balaban J connectivity index is 1.81. The number of hydrogen-bond donors (Lipinski definition) is 2. The molecule has 0 radical (unpaired) electrons. The number of aryl methyl sites for hydroxylation is 1. The van der Waals surface area contributed by atoms with Crippen molar-refractivity contribution in [3.63, 3.8) is 0 Å². The van der Waals surface area contributed by atoms with E-state index in [4.69, 9.17) is 9.84 Å². The molecule has 0 aliphatic rings. The summed E-state index contributed by atoms with van der Waals surface area (Å²) in [6.45, 7) is 1.72. The number of hydrogen-bond acceptors (Lipinski definition) is 3. The van der Waals surface area contributed by atoms with E-state index in [-0.39, 0.29) is 31.5 Å². The van der Waals surface area contributed by atoms with Gasteiger partial charge in [-0.05, 0) is 41.8 Å². The Morgan fingerprint density at radius 3 is 2.77 bits per heavy atom. The van der Waals surface area contributed by atoms with E-state index in [1.54, 1.807) is 43.3 Å². The average Bonchev–Trinajstić information content (AvgIpc) is 2.54. The molecule has 0 heterocycles. The second-order valence-corrected chi connectivity index (χ2v) is 4.95. The van der Waals surface area contributed by atoms with Crippen LogP contribution in [0.1, 0.15) is 16.7 Å². The number of ether oxygens (including phenoxy) is 1. The second-order valence-electron chi connectivity index (χ2n) is 4.95. The van der Waals surface area contributed by atoms with Gasteiger partial charge in [-0.25, -0.2) is 4.39 Å². The zero-order chi connectivity index (χ0) is 15.9. The van der Waals surface area contributed by atoms with E-state index in [0.717, 1.165) is 0 Å². The van der Waals surface area contributed by atoms with Crippen LogP contribution in [0, 0.1) is 12.7 Å². The van der Waals surface area contributed by atoms with Gasteiger partial charge in [-0.2, -0.15) is 0 Å². The van der Waals surface area contributed by atoms with Gasteiger partial charge in [0.25, 0.3) is 5.91 Å². The lowest BCUT2D eigenvalue weighted by molar-refractivity contribution is -0.123. The van der Waals surface area contributed by atoms with Crippen LogP contribution in [-0.2, 0) is 17.9 Å². The molecule has 116 valence electrons. The van der Waals surface area contributed by atoms with Gasteiger partial charge in [0, 0.05) is 6.54 Å². The Morgan fingerprint density at radius 1 is 1.23 bits per heavy atom. The Hall–Kier alpha value is -2.40. The predicted molar refractivity (Wildman–Crippen MR) is 80.8 cm³/mol. The van der Waals surface area contributed by atoms with E-state index in [1.165, 1.54) is 6.07 Å². The molecule has 1 amide bonds. The molecule has 0 aliphatic heterocycles. The topological polar surface area (TPSA) is 58.6 Å². The molecule has 0 atom stereocenters. The molecule has 0 saturated heterocycles. The smallest absolute Gasteiger partial charge is 0.258 e. The molecule has 2 rings (SSSR count). The van der Waals surface area contributed by atoms with Crippen LogP contribution < -0.4 is 10.1 Å². The molecule has 2 N–H and O–H groups in total. The molecule has 0 unspecified atom stereocenters. The third-order valence-electron chi connectivity index (χ3n) is 3.18. The molecule has 2 aromatic rings. The van der Waals surface area contributed by atoms with Gasteiger partial charge in [-0.1, -0.05) is 24.3 Å². The van der Waals surface area contributed by atoms with Crippen molar-refractivity contribution >= 4 is 5.91 Å². The first-order valence-electron chi connectivity index (χ1n) is 6.93. The zero-order valence-electron chi connectivity index (χ0n) is 12.3. The first kappa shape index (κ1) is 16.0. The van der Waals surface area contributed by atoms with E-state index in [9.17, 15) is 9.18 Å². The summed E-state index contributed by atoms with van der Waals surface area (Å²) < 4.78 is 18.7. The van der Waals surface area contributed by atoms with Gasteiger partial charge in [0.05, 0.1) is 6.61 Å². The van der Waals surface area contributed by atoms with Gasteiger partial charge in [-0.3, -0.25) is 4.79 Å². The summed E-state index contributed by atoms with van der Waals surface area (Å²) in [5, 5.41) is 11.7. The number of carbonyl (C=O) groups excluding carboxylic acids is 1. The normalized spacial score (nSPS) is 10.3. The quantitative estimate of drug-likeness (QED) is 0.861. The molecular formula is C17H18FNO3. The first-order chi connectivity index (χ1) is 10.6. The number of aliphatic hydroxyl groups excluding tert-OH is 1. The molecule has 0 spiro atoms. The van der Waals surface area contributed by atoms with Crippen LogP contribution in [0.15, 0.2) is 42.5 Å². The number of carbonyl (C=O) groups is 1. The molecule has 0 saturated carbocycles. The summed E-state index contributed by atoms with van der Waals surface area (Å²) in [6, 6.07) is 11.7. The van der Waals surface area contributed by atoms with Crippen molar-refractivity contribution in [2.24, 2.45) is 0 Å². The van der Waals surface area contributed by atoms with Crippen molar-refractivity contribution < 1.29 is 19.0 Å². The third kappa shape index (κ3) is 4.56. The van der Waals surface area contributed by atoms with Gasteiger partial charge in [0.15, 0.2) is 6.61 Å². The van der Waals surface area contributed by atoms with Crippen LogP contribution in [0.2, 0.25) is 0 Å². The maximum Gasteiger partial charge on any atom is 0.258 e. The summed E-state index contributed by atoms with van der Waals surface area (Å²) in [7, 11) is 0. The second kappa shape index (κ2) is 7.56. The van der Waals surface area contributed by atoms with E-state index < -0.39 is 0 Å². The Morgan fingerprint density at radius 2 is 2.05 bits per heavy atom. The van der Waals surface area contributed by atoms with Crippen LogP contribution >= 0.6 is 0 Å². The molecule has 4 nitrogen and oxygen atoms in total. The fourth-order valence-electron chi connectivity index (χ4n) is 1.88. The molecule has 22 heavy (non-hydrogen) atoms. The molecule has 2 aromatic carbocycles. The van der Waals surface area contributed by atoms with Crippen molar-refractivity contribution in [2.75, 3.05) is 6.61 Å². The van der Waals surface area contributed by atoms with E-state index >= 15 is 0 Å². The minimum absolute atomic E-state index is 0.0810. The highest BCUT2D eigenvalue weighted by molar-refractivity contribution is 5.77. The van der Waals surface area contributed by atoms with Gasteiger partial charge in [0.1, 0.15) is 11.6 Å². The molecule has 0 aliphatic carbocycles. The number of amides is 1. The first-order valence-corrected chi connectivity index (χ1v) is 6.93. The lowest BCUT2D eigenvalue weighted by atomic mass is 10.1. The fourth-order valence-corrected chi connectivity index (χ4v) is 1.88. The number of halogens is 1. The third-order valence-corrected chi connectivity index (χ3v) is 3.18. The largest absolute Gasteiger partial charge is 0.484 e. The Labute approximate surface area is 128 Å². The molecule has 0 aromatic heterocycles. The summed E-state index contributed by atoms with van der Waals surface area (Å²) in [6.07, 6.45) is 0. The summed E-state index contributed by atoms with van der Waals surface area (Å²) in [4.78, 5) is 11.7. The maximum absolute atomic E-state index is 13.4. The van der Waals surface area contributed by atoms with Crippen molar-refractivity contribution in [1.29, 1.82) is 0 Å². The van der Waals surface area contributed by atoms with E-state index in [0.29, 0.717) is 22.4 Å².